The van der Waals surface area contributed by atoms with Gasteiger partial charge in [0.25, 0.3) is 0 Å². The summed E-state index contributed by atoms with van der Waals surface area (Å²) in [7, 11) is 0. The number of halogens is 17. The fourth-order valence-electron chi connectivity index (χ4n) is 3.25. The van der Waals surface area contributed by atoms with Gasteiger partial charge in [-0.25, -0.2) is 4.79 Å². The van der Waals surface area contributed by atoms with Gasteiger partial charge in [0.1, 0.15) is 12.4 Å². The van der Waals surface area contributed by atoms with Crippen molar-refractivity contribution in [3.8, 4) is 5.75 Å². The molecule has 0 unspecified atom stereocenters. The van der Waals surface area contributed by atoms with Crippen LogP contribution in [0.2, 0.25) is 0 Å². The summed E-state index contributed by atoms with van der Waals surface area (Å²) < 4.78 is 236. The van der Waals surface area contributed by atoms with Crippen LogP contribution in [0, 0.1) is 0 Å². The molecule has 0 fully saturated rings. The maximum atomic E-state index is 14.0. The zero-order valence-corrected chi connectivity index (χ0v) is 23.1. The van der Waals surface area contributed by atoms with E-state index in [0.29, 0.717) is 11.4 Å². The van der Waals surface area contributed by atoms with Gasteiger partial charge in [-0.2, -0.15) is 84.9 Å². The Kier molecular flexibility index (Phi) is 11.2. The minimum absolute atomic E-state index is 0.0586. The smallest absolute Gasteiger partial charge is 0.460 e. The fraction of sp³-hybridized carbons (Fsp3) is 0.423. The number of nitrogens with zero attached hydrogens (tertiary/aromatic N) is 2. The Hall–Kier alpha value is -4.14. The molecule has 22 heteroatoms. The predicted octanol–water partition coefficient (Wildman–Crippen LogP) is 10.2. The molecular formula is C26H17F17N2O3. The molecule has 2 rings (SSSR count). The van der Waals surface area contributed by atoms with Crippen LogP contribution in [-0.2, 0) is 4.74 Å². The Bertz CT molecular complexity index is 1460. The summed E-state index contributed by atoms with van der Waals surface area (Å²) in [5.41, 5.74) is -0.164. The third-order valence-corrected chi connectivity index (χ3v) is 6.02. The highest BCUT2D eigenvalue weighted by molar-refractivity contribution is 5.89. The number of benzene rings is 2. The second-order valence-corrected chi connectivity index (χ2v) is 9.37. The normalized spacial score (nSPS) is 14.3. The minimum atomic E-state index is -8.72. The molecule has 0 N–H and O–H groups in total. The van der Waals surface area contributed by atoms with Crippen molar-refractivity contribution in [2.24, 2.45) is 10.2 Å². The van der Waals surface area contributed by atoms with Crippen molar-refractivity contribution in [2.75, 3.05) is 13.2 Å². The van der Waals surface area contributed by atoms with Gasteiger partial charge in [0.05, 0.1) is 30.0 Å². The first-order chi connectivity index (χ1) is 21.6. The zero-order chi connectivity index (χ0) is 37.2. The van der Waals surface area contributed by atoms with Gasteiger partial charge in [0, 0.05) is 0 Å². The standard InChI is InChI=1S/C26H17F17N2O3/c1-2-12-47-17-9-7-16(8-10-17)45-44-15-5-3-14(4-6-15)18(46)48-13-11-19(27,28)20(29,30)21(31,32)22(33,34)23(35,36)24(37,38)25(39,40)26(41,42)43/h2-10H,1,11-13H2. The highest BCUT2D eigenvalue weighted by Crippen LogP contribution is 2.64. The van der Waals surface area contributed by atoms with E-state index in [1.165, 1.54) is 30.3 Å². The third kappa shape index (κ3) is 7.15. The summed E-state index contributed by atoms with van der Waals surface area (Å²) in [5, 5.41) is 7.64. The average molecular weight is 728 g/mol. The van der Waals surface area contributed by atoms with E-state index in [9.17, 15) is 79.4 Å². The maximum absolute atomic E-state index is 14.0. The van der Waals surface area contributed by atoms with Crippen molar-refractivity contribution in [2.45, 2.75) is 54.1 Å². The van der Waals surface area contributed by atoms with Gasteiger partial charge in [0.15, 0.2) is 0 Å². The lowest BCUT2D eigenvalue weighted by Gasteiger charge is -2.42. The molecule has 0 aliphatic heterocycles. The second-order valence-electron chi connectivity index (χ2n) is 9.37. The number of hydrogen-bond acceptors (Lipinski definition) is 5. The molecule has 2 aromatic carbocycles. The molecule has 0 aliphatic carbocycles. The Morgan fingerprint density at radius 3 is 1.42 bits per heavy atom. The molecule has 0 spiro atoms. The molecule has 0 aliphatic rings. The number of alkyl halides is 17. The Balaban J connectivity index is 2.14. The van der Waals surface area contributed by atoms with Crippen molar-refractivity contribution in [3.05, 3.63) is 66.7 Å². The highest BCUT2D eigenvalue weighted by atomic mass is 19.4. The van der Waals surface area contributed by atoms with Crippen LogP contribution >= 0.6 is 0 Å². The van der Waals surface area contributed by atoms with E-state index < -0.39 is 72.2 Å². The summed E-state index contributed by atoms with van der Waals surface area (Å²) in [4.78, 5) is 12.0. The van der Waals surface area contributed by atoms with Gasteiger partial charge in [-0.3, -0.25) is 0 Å². The number of carbonyl (C=O) groups excluding carboxylic acids is 1. The summed E-state index contributed by atoms with van der Waals surface area (Å²) in [6, 6.07) is 10.0. The molecule has 2 aromatic rings. The molecule has 48 heavy (non-hydrogen) atoms. The quantitative estimate of drug-likeness (QED) is 0.0794. The number of carbonyl (C=O) groups is 1. The van der Waals surface area contributed by atoms with Crippen LogP contribution in [-0.4, -0.2) is 66.8 Å². The first kappa shape index (κ1) is 40.0. The summed E-state index contributed by atoms with van der Waals surface area (Å²) in [6.07, 6.45) is -9.24. The van der Waals surface area contributed by atoms with E-state index in [1.54, 1.807) is 0 Å². The second kappa shape index (κ2) is 13.4. The summed E-state index contributed by atoms with van der Waals surface area (Å²) in [6.45, 7) is 1.64. The predicted molar refractivity (Wildman–Crippen MR) is 128 cm³/mol. The molecule has 0 saturated carbocycles. The number of esters is 1. The van der Waals surface area contributed by atoms with E-state index in [4.69, 9.17) is 4.74 Å². The van der Waals surface area contributed by atoms with Crippen LogP contribution in [0.25, 0.3) is 0 Å². The first-order valence-corrected chi connectivity index (χ1v) is 12.4. The minimum Gasteiger partial charge on any atom is -0.490 e. The number of ether oxygens (including phenoxy) is 2. The lowest BCUT2D eigenvalue weighted by atomic mass is 9.88. The summed E-state index contributed by atoms with van der Waals surface area (Å²) in [5.74, 6) is -58.3. The van der Waals surface area contributed by atoms with Crippen LogP contribution < -0.4 is 4.74 Å². The molecule has 0 heterocycles. The molecule has 0 atom stereocenters. The molecule has 0 bridgehead atoms. The average Bonchev–Trinajstić information content (AvgIpc) is 2.98. The molecule has 0 amide bonds. The SMILES string of the molecule is C=CCOc1ccc(N=Nc2ccc(C(=O)OCCC(F)(F)C(F)(F)C(F)(F)C(F)(F)C(F)(F)C(F)(F)C(F)(F)C(F)(F)F)cc2)cc1. The molecule has 0 saturated heterocycles. The molecular weight excluding hydrogens is 711 g/mol. The van der Waals surface area contributed by atoms with Crippen molar-refractivity contribution in [1.82, 2.24) is 0 Å². The molecule has 268 valence electrons. The fourth-order valence-corrected chi connectivity index (χ4v) is 3.25. The Morgan fingerprint density at radius 1 is 0.604 bits per heavy atom. The van der Waals surface area contributed by atoms with Crippen LogP contribution in [0.3, 0.4) is 0 Å². The van der Waals surface area contributed by atoms with Gasteiger partial charge < -0.3 is 9.47 Å². The third-order valence-electron chi connectivity index (χ3n) is 6.02. The van der Waals surface area contributed by atoms with Crippen LogP contribution in [0.4, 0.5) is 86.0 Å². The highest BCUT2D eigenvalue weighted by Gasteiger charge is 2.95. The van der Waals surface area contributed by atoms with Crippen LogP contribution in [0.5, 0.6) is 5.75 Å². The monoisotopic (exact) mass is 728 g/mol. The van der Waals surface area contributed by atoms with Crippen molar-refractivity contribution >= 4 is 17.3 Å². The molecule has 0 aromatic heterocycles. The van der Waals surface area contributed by atoms with Gasteiger partial charge in [-0.15, -0.1) is 0 Å². The summed E-state index contributed by atoms with van der Waals surface area (Å²) >= 11 is 0. The van der Waals surface area contributed by atoms with E-state index in [1.807, 2.05) is 0 Å². The first-order valence-electron chi connectivity index (χ1n) is 12.4. The van der Waals surface area contributed by atoms with Crippen LogP contribution in [0.1, 0.15) is 16.8 Å². The topological polar surface area (TPSA) is 60.2 Å². The number of rotatable bonds is 15. The van der Waals surface area contributed by atoms with E-state index in [0.717, 1.165) is 24.3 Å². The largest absolute Gasteiger partial charge is 0.490 e. The molecule has 5 nitrogen and oxygen atoms in total. The Morgan fingerprint density at radius 2 is 1.00 bits per heavy atom. The lowest BCUT2D eigenvalue weighted by molar-refractivity contribution is -0.461. The lowest BCUT2D eigenvalue weighted by Crippen LogP contribution is -2.74. The van der Waals surface area contributed by atoms with E-state index in [-0.39, 0.29) is 12.3 Å². The zero-order valence-electron chi connectivity index (χ0n) is 23.1. The van der Waals surface area contributed by atoms with Gasteiger partial charge in [0.2, 0.25) is 0 Å². The number of hydrogen-bond donors (Lipinski definition) is 0. The van der Waals surface area contributed by atoms with E-state index >= 15 is 0 Å². The van der Waals surface area contributed by atoms with Crippen molar-refractivity contribution in [3.63, 3.8) is 0 Å². The van der Waals surface area contributed by atoms with Gasteiger partial charge >= 0.3 is 53.6 Å². The van der Waals surface area contributed by atoms with Gasteiger partial charge in [-0.1, -0.05) is 12.7 Å². The van der Waals surface area contributed by atoms with Crippen molar-refractivity contribution < 1.29 is 88.9 Å². The maximum Gasteiger partial charge on any atom is 0.460 e. The molecule has 0 radical (unpaired) electrons. The van der Waals surface area contributed by atoms with Crippen molar-refractivity contribution in [1.29, 1.82) is 0 Å². The number of azo groups is 1. The van der Waals surface area contributed by atoms with Crippen LogP contribution in [0.15, 0.2) is 71.4 Å². The Labute approximate surface area is 257 Å². The van der Waals surface area contributed by atoms with E-state index in [2.05, 4.69) is 21.5 Å². The van der Waals surface area contributed by atoms with Gasteiger partial charge in [-0.05, 0) is 48.5 Å².